The molecule has 6 heteroatoms. The van der Waals surface area contributed by atoms with E-state index >= 15 is 0 Å². The number of halogens is 1. The van der Waals surface area contributed by atoms with Crippen LogP contribution in [0.1, 0.15) is 19.8 Å². The van der Waals surface area contributed by atoms with E-state index in [0.29, 0.717) is 28.8 Å². The maximum absolute atomic E-state index is 5.72. The lowest BCUT2D eigenvalue weighted by atomic mass is 9.98. The smallest absolute Gasteiger partial charge is 0.258 e. The Balaban J connectivity index is 1.83. The van der Waals surface area contributed by atoms with E-state index in [1.165, 1.54) is 12.8 Å². The van der Waals surface area contributed by atoms with Gasteiger partial charge in [-0.05, 0) is 54.3 Å². The molecule has 0 aliphatic carbocycles. The second-order valence-electron chi connectivity index (χ2n) is 4.57. The molecule has 0 bridgehead atoms. The van der Waals surface area contributed by atoms with Gasteiger partial charge in [0.1, 0.15) is 4.60 Å². The predicted molar refractivity (Wildman–Crippen MR) is 74.5 cm³/mol. The van der Waals surface area contributed by atoms with Crippen LogP contribution in [0.3, 0.4) is 0 Å². The highest BCUT2D eigenvalue weighted by Crippen LogP contribution is 2.22. The van der Waals surface area contributed by atoms with Crippen LogP contribution in [-0.4, -0.2) is 41.1 Å². The number of nitrogens with zero attached hydrogens (tertiary/aromatic N) is 3. The first-order chi connectivity index (χ1) is 8.69. The molecule has 1 fully saturated rings. The summed E-state index contributed by atoms with van der Waals surface area (Å²) in [4.78, 5) is 10.6. The highest BCUT2D eigenvalue weighted by Gasteiger charge is 2.19. The number of piperidine rings is 1. The third-order valence-corrected chi connectivity index (χ3v) is 3.73. The van der Waals surface area contributed by atoms with Crippen LogP contribution in [-0.2, 0) is 0 Å². The van der Waals surface area contributed by atoms with Crippen LogP contribution in [0, 0.1) is 5.92 Å². The lowest BCUT2D eigenvalue weighted by Gasteiger charge is -2.30. The highest BCUT2D eigenvalue weighted by molar-refractivity contribution is 9.10. The van der Waals surface area contributed by atoms with Crippen LogP contribution in [0.15, 0.2) is 10.8 Å². The van der Waals surface area contributed by atoms with Crippen molar-refractivity contribution < 1.29 is 4.74 Å². The molecule has 18 heavy (non-hydrogen) atoms. The van der Waals surface area contributed by atoms with Crippen LogP contribution in [0.4, 0.5) is 5.82 Å². The summed E-state index contributed by atoms with van der Waals surface area (Å²) in [7, 11) is 0. The largest absolute Gasteiger partial charge is 0.475 e. The Morgan fingerprint density at radius 2 is 2.22 bits per heavy atom. The summed E-state index contributed by atoms with van der Waals surface area (Å²) in [6, 6.07) is 0. The van der Waals surface area contributed by atoms with Gasteiger partial charge in [-0.15, -0.1) is 0 Å². The maximum atomic E-state index is 5.72. The molecule has 5 nitrogen and oxygen atoms in total. The molecule has 2 rings (SSSR count). The molecule has 2 heterocycles. The first kappa shape index (κ1) is 13.5. The number of nitrogens with two attached hydrogens (primary N) is 1. The molecular weight excluding hydrogens is 296 g/mol. The minimum absolute atomic E-state index is 0.351. The molecule has 0 amide bonds. The van der Waals surface area contributed by atoms with Crippen LogP contribution in [0.5, 0.6) is 5.88 Å². The first-order valence-electron chi connectivity index (χ1n) is 6.32. The zero-order valence-electron chi connectivity index (χ0n) is 10.6. The third-order valence-electron chi connectivity index (χ3n) is 3.35. The van der Waals surface area contributed by atoms with Gasteiger partial charge in [0.05, 0.1) is 12.8 Å². The van der Waals surface area contributed by atoms with Crippen molar-refractivity contribution in [2.75, 3.05) is 32.0 Å². The average Bonchev–Trinajstić information content (AvgIpc) is 2.40. The molecule has 1 aliphatic rings. The van der Waals surface area contributed by atoms with Gasteiger partial charge in [-0.1, -0.05) is 6.92 Å². The van der Waals surface area contributed by atoms with Crippen LogP contribution < -0.4 is 10.5 Å². The number of nitrogen functional groups attached to an aromatic ring is 1. The molecule has 0 radical (unpaired) electrons. The summed E-state index contributed by atoms with van der Waals surface area (Å²) in [5.41, 5.74) is 5.72. The Kier molecular flexibility index (Phi) is 4.77. The summed E-state index contributed by atoms with van der Waals surface area (Å²) in [5, 5.41) is 0. The number of aromatic nitrogens is 2. The predicted octanol–water partition coefficient (Wildman–Crippen LogP) is 1.93. The van der Waals surface area contributed by atoms with Crippen molar-refractivity contribution in [3.63, 3.8) is 0 Å². The number of rotatable bonds is 4. The van der Waals surface area contributed by atoms with Crippen molar-refractivity contribution in [1.29, 1.82) is 0 Å². The normalized spacial score (nSPS) is 17.9. The van der Waals surface area contributed by atoms with Gasteiger partial charge in [0, 0.05) is 0 Å². The molecule has 0 spiro atoms. The van der Waals surface area contributed by atoms with Crippen LogP contribution in [0.2, 0.25) is 0 Å². The van der Waals surface area contributed by atoms with Gasteiger partial charge in [-0.2, -0.15) is 0 Å². The number of likely N-dealkylation sites (tertiary alicyclic amines) is 1. The Morgan fingerprint density at radius 3 is 2.89 bits per heavy atom. The van der Waals surface area contributed by atoms with E-state index in [-0.39, 0.29) is 0 Å². The minimum atomic E-state index is 0.351. The third kappa shape index (κ3) is 3.55. The van der Waals surface area contributed by atoms with Gasteiger partial charge in [0.15, 0.2) is 5.82 Å². The van der Waals surface area contributed by atoms with Crippen molar-refractivity contribution >= 4 is 21.7 Å². The van der Waals surface area contributed by atoms with E-state index in [4.69, 9.17) is 10.5 Å². The topological polar surface area (TPSA) is 64.3 Å². The van der Waals surface area contributed by atoms with Gasteiger partial charge in [0.25, 0.3) is 5.88 Å². The maximum Gasteiger partial charge on any atom is 0.258 e. The standard InChI is InChI=1S/C12H19BrN4O/c1-2-17-5-3-9(4-6-17)8-18-12-11(14)15-7-10(13)16-12/h7,9H,2-6,8H2,1H3,(H2,14,15). The molecule has 100 valence electrons. The van der Waals surface area contributed by atoms with Gasteiger partial charge < -0.3 is 15.4 Å². The molecule has 1 aliphatic heterocycles. The zero-order chi connectivity index (χ0) is 13.0. The SMILES string of the molecule is CCN1CCC(COc2nc(Br)cnc2N)CC1. The quantitative estimate of drug-likeness (QED) is 0.920. The van der Waals surface area contributed by atoms with Crippen LogP contribution >= 0.6 is 15.9 Å². The average molecular weight is 315 g/mol. The van der Waals surface area contributed by atoms with Crippen LogP contribution in [0.25, 0.3) is 0 Å². The first-order valence-corrected chi connectivity index (χ1v) is 7.11. The summed E-state index contributed by atoms with van der Waals surface area (Å²) in [6.45, 7) is 6.33. The fourth-order valence-electron chi connectivity index (χ4n) is 2.13. The van der Waals surface area contributed by atoms with E-state index in [0.717, 1.165) is 19.6 Å². The monoisotopic (exact) mass is 314 g/mol. The number of anilines is 1. The summed E-state index contributed by atoms with van der Waals surface area (Å²) >= 11 is 3.26. The van der Waals surface area contributed by atoms with Crippen molar-refractivity contribution in [3.8, 4) is 5.88 Å². The molecule has 2 N–H and O–H groups in total. The molecule has 0 aromatic carbocycles. The molecular formula is C12H19BrN4O. The second-order valence-corrected chi connectivity index (χ2v) is 5.38. The lowest BCUT2D eigenvalue weighted by molar-refractivity contribution is 0.143. The zero-order valence-corrected chi connectivity index (χ0v) is 12.2. The van der Waals surface area contributed by atoms with Gasteiger partial charge in [-0.25, -0.2) is 9.97 Å². The van der Waals surface area contributed by atoms with E-state index in [1.54, 1.807) is 6.20 Å². The van der Waals surface area contributed by atoms with Crippen molar-refractivity contribution in [3.05, 3.63) is 10.8 Å². The van der Waals surface area contributed by atoms with Crippen molar-refractivity contribution in [1.82, 2.24) is 14.9 Å². The van der Waals surface area contributed by atoms with Gasteiger partial charge >= 0.3 is 0 Å². The number of ether oxygens (including phenoxy) is 1. The Bertz CT molecular complexity index is 394. The summed E-state index contributed by atoms with van der Waals surface area (Å²) < 4.78 is 6.32. The molecule has 0 atom stereocenters. The second kappa shape index (κ2) is 6.33. The number of hydrogen-bond acceptors (Lipinski definition) is 5. The fraction of sp³-hybridized carbons (Fsp3) is 0.667. The molecule has 0 unspecified atom stereocenters. The molecule has 1 aromatic heterocycles. The summed E-state index contributed by atoms with van der Waals surface area (Å²) in [6.07, 6.45) is 3.92. The Morgan fingerprint density at radius 1 is 1.50 bits per heavy atom. The van der Waals surface area contributed by atoms with E-state index in [9.17, 15) is 0 Å². The summed E-state index contributed by atoms with van der Waals surface area (Å²) in [5.74, 6) is 1.37. The Labute approximate surface area is 116 Å². The molecule has 0 saturated carbocycles. The lowest BCUT2D eigenvalue weighted by Crippen LogP contribution is -2.35. The number of hydrogen-bond donors (Lipinski definition) is 1. The van der Waals surface area contributed by atoms with E-state index < -0.39 is 0 Å². The van der Waals surface area contributed by atoms with E-state index in [1.807, 2.05) is 0 Å². The Hall–Kier alpha value is -0.880. The van der Waals surface area contributed by atoms with Crippen molar-refractivity contribution in [2.24, 2.45) is 5.92 Å². The molecule has 1 aromatic rings. The fourth-order valence-corrected chi connectivity index (χ4v) is 2.40. The highest BCUT2D eigenvalue weighted by atomic mass is 79.9. The molecule has 1 saturated heterocycles. The minimum Gasteiger partial charge on any atom is -0.475 e. The van der Waals surface area contributed by atoms with E-state index in [2.05, 4.69) is 37.7 Å². The van der Waals surface area contributed by atoms with Gasteiger partial charge in [-0.3, -0.25) is 0 Å². The van der Waals surface area contributed by atoms with Crippen molar-refractivity contribution in [2.45, 2.75) is 19.8 Å². The van der Waals surface area contributed by atoms with Gasteiger partial charge in [0.2, 0.25) is 0 Å².